The molecule has 30 heavy (non-hydrogen) atoms. The number of ether oxygens (including phenoxy) is 1. The van der Waals surface area contributed by atoms with Crippen molar-refractivity contribution in [3.05, 3.63) is 102 Å². The fourth-order valence-corrected chi connectivity index (χ4v) is 2.77. The van der Waals surface area contributed by atoms with Gasteiger partial charge in [-0.15, -0.1) is 0 Å². The van der Waals surface area contributed by atoms with Crippen molar-refractivity contribution in [1.82, 2.24) is 10.3 Å². The zero-order chi connectivity index (χ0) is 20.9. The normalized spacial score (nSPS) is 10.6. The molecule has 0 saturated heterocycles. The minimum atomic E-state index is -0.554. The Morgan fingerprint density at radius 3 is 2.60 bits per heavy atom. The van der Waals surface area contributed by atoms with Crippen molar-refractivity contribution >= 4 is 5.91 Å². The van der Waals surface area contributed by atoms with Crippen LogP contribution in [-0.2, 0) is 6.54 Å². The lowest BCUT2D eigenvalue weighted by Gasteiger charge is -2.08. The highest BCUT2D eigenvalue weighted by atomic mass is 19.1. The van der Waals surface area contributed by atoms with Crippen LogP contribution in [0.5, 0.6) is 11.5 Å². The van der Waals surface area contributed by atoms with Crippen LogP contribution in [0.4, 0.5) is 8.78 Å². The largest absolute Gasteiger partial charge is 0.453 e. The monoisotopic (exact) mass is 406 g/mol. The smallest absolute Gasteiger partial charge is 0.287 e. The summed E-state index contributed by atoms with van der Waals surface area (Å²) in [4.78, 5) is 16.2. The molecule has 2 aromatic carbocycles. The number of nitrogens with zero attached hydrogens (tertiary/aromatic N) is 1. The summed E-state index contributed by atoms with van der Waals surface area (Å²) in [6, 6.07) is 16.7. The first-order chi connectivity index (χ1) is 14.6. The Hall–Kier alpha value is -4.00. The van der Waals surface area contributed by atoms with Gasteiger partial charge in [-0.05, 0) is 66.2 Å². The molecule has 0 spiro atoms. The first-order valence-corrected chi connectivity index (χ1v) is 9.09. The van der Waals surface area contributed by atoms with E-state index in [1.165, 1.54) is 36.5 Å². The third kappa shape index (κ3) is 4.52. The molecule has 2 aromatic heterocycles. The van der Waals surface area contributed by atoms with Crippen molar-refractivity contribution in [2.45, 2.75) is 6.54 Å². The second-order valence-corrected chi connectivity index (χ2v) is 6.41. The van der Waals surface area contributed by atoms with E-state index in [1.807, 2.05) is 0 Å². The Balaban J connectivity index is 1.38. The molecule has 0 saturated carbocycles. The summed E-state index contributed by atoms with van der Waals surface area (Å²) in [5.41, 5.74) is 1.21. The lowest BCUT2D eigenvalue weighted by molar-refractivity contribution is 0.0924. The van der Waals surface area contributed by atoms with Gasteiger partial charge in [0.2, 0.25) is 0 Å². The first-order valence-electron chi connectivity index (χ1n) is 9.09. The van der Waals surface area contributed by atoms with Crippen LogP contribution in [0.2, 0.25) is 0 Å². The molecule has 5 nitrogen and oxygen atoms in total. The molecule has 0 aliphatic rings. The molecule has 4 aromatic rings. The van der Waals surface area contributed by atoms with E-state index in [0.717, 1.165) is 0 Å². The van der Waals surface area contributed by atoms with Crippen LogP contribution in [0.25, 0.3) is 11.3 Å². The lowest BCUT2D eigenvalue weighted by atomic mass is 10.2. The average Bonchev–Trinajstić information content (AvgIpc) is 3.25. The minimum Gasteiger partial charge on any atom is -0.453 e. The van der Waals surface area contributed by atoms with E-state index in [9.17, 15) is 13.6 Å². The van der Waals surface area contributed by atoms with Crippen LogP contribution < -0.4 is 10.1 Å². The molecule has 0 fully saturated rings. The van der Waals surface area contributed by atoms with E-state index >= 15 is 0 Å². The summed E-state index contributed by atoms with van der Waals surface area (Å²) >= 11 is 0. The Morgan fingerprint density at radius 2 is 1.87 bits per heavy atom. The lowest BCUT2D eigenvalue weighted by Crippen LogP contribution is -2.22. The van der Waals surface area contributed by atoms with E-state index < -0.39 is 11.7 Å². The summed E-state index contributed by atoms with van der Waals surface area (Å²) < 4.78 is 38.3. The second kappa shape index (κ2) is 8.57. The zero-order valence-corrected chi connectivity index (χ0v) is 15.6. The average molecular weight is 406 g/mol. The van der Waals surface area contributed by atoms with Crippen molar-refractivity contribution in [3.8, 4) is 22.8 Å². The number of furan rings is 1. The molecule has 4 rings (SSSR count). The van der Waals surface area contributed by atoms with Gasteiger partial charge in [0.15, 0.2) is 17.3 Å². The van der Waals surface area contributed by atoms with Gasteiger partial charge in [-0.1, -0.05) is 6.07 Å². The molecule has 0 bridgehead atoms. The highest BCUT2D eigenvalue weighted by molar-refractivity contribution is 5.92. The first kappa shape index (κ1) is 19.3. The van der Waals surface area contributed by atoms with Gasteiger partial charge >= 0.3 is 0 Å². The van der Waals surface area contributed by atoms with Crippen LogP contribution in [0, 0.1) is 11.6 Å². The van der Waals surface area contributed by atoms with Crippen LogP contribution in [0.3, 0.4) is 0 Å². The van der Waals surface area contributed by atoms with Gasteiger partial charge in [0.05, 0.1) is 6.20 Å². The highest BCUT2D eigenvalue weighted by Crippen LogP contribution is 2.25. The molecular formula is C23H16F2N2O3. The maximum Gasteiger partial charge on any atom is 0.287 e. The number of hydrogen-bond donors (Lipinski definition) is 1. The number of pyridine rings is 1. The number of hydrogen-bond acceptors (Lipinski definition) is 4. The van der Waals surface area contributed by atoms with Crippen LogP contribution in [-0.4, -0.2) is 10.9 Å². The molecule has 2 heterocycles. The van der Waals surface area contributed by atoms with Gasteiger partial charge in [-0.25, -0.2) is 8.78 Å². The summed E-state index contributed by atoms with van der Waals surface area (Å²) in [6.07, 6.45) is 3.08. The van der Waals surface area contributed by atoms with Gasteiger partial charge in [0.25, 0.3) is 5.91 Å². The molecule has 1 amide bonds. The second-order valence-electron chi connectivity index (χ2n) is 6.41. The fourth-order valence-electron chi connectivity index (χ4n) is 2.77. The molecule has 7 heteroatoms. The molecule has 0 aliphatic carbocycles. The molecule has 0 radical (unpaired) electrons. The predicted octanol–water partition coefficient (Wildman–Crippen LogP) is 5.34. The predicted molar refractivity (Wildman–Crippen MR) is 106 cm³/mol. The molecular weight excluding hydrogens is 390 g/mol. The van der Waals surface area contributed by atoms with Crippen LogP contribution in [0.1, 0.15) is 16.1 Å². The number of carbonyl (C=O) groups is 1. The molecule has 0 aliphatic heterocycles. The summed E-state index contributed by atoms with van der Waals surface area (Å²) in [5, 5.41) is 2.68. The summed E-state index contributed by atoms with van der Waals surface area (Å²) in [6.45, 7) is 0.107. The SMILES string of the molecule is O=C(NCc1ccc(Oc2cccnc2)c(F)c1)c1ccc(-c2ccc(F)cc2)o1. The summed E-state index contributed by atoms with van der Waals surface area (Å²) in [7, 11) is 0. The Morgan fingerprint density at radius 1 is 1.03 bits per heavy atom. The highest BCUT2D eigenvalue weighted by Gasteiger charge is 2.13. The number of rotatable bonds is 6. The molecule has 1 N–H and O–H groups in total. The van der Waals surface area contributed by atoms with E-state index in [1.54, 1.807) is 42.6 Å². The van der Waals surface area contributed by atoms with Crippen molar-refractivity contribution < 1.29 is 22.7 Å². The van der Waals surface area contributed by atoms with Gasteiger partial charge in [0.1, 0.15) is 17.3 Å². The van der Waals surface area contributed by atoms with Crippen molar-refractivity contribution in [2.75, 3.05) is 0 Å². The number of benzene rings is 2. The van der Waals surface area contributed by atoms with E-state index in [4.69, 9.17) is 9.15 Å². The fraction of sp³-hybridized carbons (Fsp3) is 0.0435. The van der Waals surface area contributed by atoms with Crippen molar-refractivity contribution in [3.63, 3.8) is 0 Å². The number of amides is 1. The van der Waals surface area contributed by atoms with Gasteiger partial charge in [-0.3, -0.25) is 9.78 Å². The van der Waals surface area contributed by atoms with E-state index in [2.05, 4.69) is 10.3 Å². The molecule has 150 valence electrons. The standard InChI is InChI=1S/C23H16F2N2O3/c24-17-6-4-16(5-7-17)20-9-10-22(30-20)23(28)27-13-15-3-8-21(19(25)12-15)29-18-2-1-11-26-14-18/h1-12,14H,13H2,(H,27,28). The van der Waals surface area contributed by atoms with E-state index in [0.29, 0.717) is 22.6 Å². The molecule has 0 atom stereocenters. The Labute approximate surface area is 171 Å². The Bertz CT molecular complexity index is 1160. The zero-order valence-electron chi connectivity index (χ0n) is 15.6. The maximum absolute atomic E-state index is 14.3. The molecule has 0 unspecified atom stereocenters. The van der Waals surface area contributed by atoms with Crippen molar-refractivity contribution in [1.29, 1.82) is 0 Å². The van der Waals surface area contributed by atoms with Gasteiger partial charge in [0, 0.05) is 18.3 Å². The number of halogens is 2. The van der Waals surface area contributed by atoms with Gasteiger partial charge in [-0.2, -0.15) is 0 Å². The third-order valence-electron chi connectivity index (χ3n) is 4.27. The maximum atomic E-state index is 14.3. The van der Waals surface area contributed by atoms with Gasteiger partial charge < -0.3 is 14.5 Å². The van der Waals surface area contributed by atoms with Crippen LogP contribution >= 0.6 is 0 Å². The number of nitrogens with one attached hydrogen (secondary N) is 1. The van der Waals surface area contributed by atoms with E-state index in [-0.39, 0.29) is 23.9 Å². The topological polar surface area (TPSA) is 64.4 Å². The Kier molecular flexibility index (Phi) is 5.52. The number of aromatic nitrogens is 1. The number of carbonyl (C=O) groups excluding carboxylic acids is 1. The quantitative estimate of drug-likeness (QED) is 0.469. The third-order valence-corrected chi connectivity index (χ3v) is 4.27. The van der Waals surface area contributed by atoms with Crippen LogP contribution in [0.15, 0.2) is 83.5 Å². The van der Waals surface area contributed by atoms with Crippen molar-refractivity contribution in [2.24, 2.45) is 0 Å². The summed E-state index contributed by atoms with van der Waals surface area (Å²) in [5.74, 6) is -0.316. The minimum absolute atomic E-state index is 0.0630.